The summed E-state index contributed by atoms with van der Waals surface area (Å²) < 4.78 is 13.1. The summed E-state index contributed by atoms with van der Waals surface area (Å²) in [7, 11) is 1.56. The van der Waals surface area contributed by atoms with Crippen molar-refractivity contribution in [2.75, 3.05) is 18.2 Å². The summed E-state index contributed by atoms with van der Waals surface area (Å²) in [5, 5.41) is 12.7. The predicted molar refractivity (Wildman–Crippen MR) is 134 cm³/mol. The summed E-state index contributed by atoms with van der Waals surface area (Å²) >= 11 is 7.36. The molecular formula is C25H23ClN4O3S. The maximum absolute atomic E-state index is 12.6. The molecule has 0 saturated carbocycles. The van der Waals surface area contributed by atoms with Gasteiger partial charge in [0.15, 0.2) is 11.0 Å². The van der Waals surface area contributed by atoms with Crippen molar-refractivity contribution in [3.8, 4) is 17.2 Å². The molecule has 1 N–H and O–H groups in total. The van der Waals surface area contributed by atoms with Gasteiger partial charge < -0.3 is 14.8 Å². The van der Waals surface area contributed by atoms with Crippen LogP contribution in [0.15, 0.2) is 78.0 Å². The second-order valence-electron chi connectivity index (χ2n) is 7.35. The van der Waals surface area contributed by atoms with Crippen LogP contribution in [0.2, 0.25) is 5.02 Å². The number of nitrogens with one attached hydrogen (secondary N) is 1. The first-order valence-electron chi connectivity index (χ1n) is 10.5. The quantitative estimate of drug-likeness (QED) is 0.307. The Morgan fingerprint density at radius 1 is 1.03 bits per heavy atom. The number of hydrogen-bond acceptors (Lipinski definition) is 6. The molecule has 1 heterocycles. The minimum absolute atomic E-state index is 0.141. The van der Waals surface area contributed by atoms with Crippen LogP contribution in [0, 0.1) is 6.92 Å². The number of rotatable bonds is 9. The van der Waals surface area contributed by atoms with Crippen LogP contribution in [0.4, 0.5) is 5.69 Å². The third-order valence-electron chi connectivity index (χ3n) is 4.89. The van der Waals surface area contributed by atoms with Gasteiger partial charge in [0.05, 0.1) is 18.6 Å². The van der Waals surface area contributed by atoms with Crippen LogP contribution < -0.4 is 14.8 Å². The average molecular weight is 495 g/mol. The van der Waals surface area contributed by atoms with E-state index >= 15 is 0 Å². The Bertz CT molecular complexity index is 1260. The topological polar surface area (TPSA) is 78.3 Å². The third-order valence-corrected chi connectivity index (χ3v) is 6.07. The molecule has 0 spiro atoms. The lowest BCUT2D eigenvalue weighted by Crippen LogP contribution is -2.15. The Balaban J connectivity index is 1.51. The molecule has 0 aliphatic heterocycles. The second kappa shape index (κ2) is 11.1. The molecule has 0 radical (unpaired) electrons. The number of anilines is 1. The van der Waals surface area contributed by atoms with Crippen molar-refractivity contribution in [2.45, 2.75) is 18.7 Å². The number of aryl methyl sites for hydroxylation is 1. The number of hydrogen-bond donors (Lipinski definition) is 1. The molecule has 0 aliphatic carbocycles. The number of carbonyl (C=O) groups is 1. The number of amides is 1. The first kappa shape index (κ1) is 23.7. The van der Waals surface area contributed by atoms with Crippen LogP contribution in [0.3, 0.4) is 0 Å². The first-order chi connectivity index (χ1) is 16.5. The number of halogens is 1. The van der Waals surface area contributed by atoms with Crippen LogP contribution >= 0.6 is 23.4 Å². The van der Waals surface area contributed by atoms with Crippen LogP contribution in [-0.4, -0.2) is 33.5 Å². The van der Waals surface area contributed by atoms with Gasteiger partial charge in [-0.25, -0.2) is 0 Å². The van der Waals surface area contributed by atoms with E-state index in [9.17, 15) is 4.79 Å². The molecule has 1 aromatic heterocycles. The predicted octanol–water partition coefficient (Wildman–Crippen LogP) is 5.55. The van der Waals surface area contributed by atoms with Gasteiger partial charge in [-0.1, -0.05) is 53.2 Å². The lowest BCUT2D eigenvalue weighted by atomic mass is 10.2. The number of carbonyl (C=O) groups excluding carboxylic acids is 1. The minimum atomic E-state index is -0.183. The highest BCUT2D eigenvalue weighted by Gasteiger charge is 2.17. The van der Waals surface area contributed by atoms with E-state index in [4.69, 9.17) is 21.1 Å². The highest BCUT2D eigenvalue weighted by molar-refractivity contribution is 7.99. The van der Waals surface area contributed by atoms with Crippen molar-refractivity contribution >= 4 is 35.0 Å². The second-order valence-corrected chi connectivity index (χ2v) is 8.73. The van der Waals surface area contributed by atoms with Crippen molar-refractivity contribution < 1.29 is 14.3 Å². The SMILES string of the molecule is COc1ccccc1NC(=O)CSc1nnc(COc2ccc(C)cc2)n1-c1ccc(Cl)cc1. The average Bonchev–Trinajstić information content (AvgIpc) is 3.26. The molecular weight excluding hydrogens is 472 g/mol. The van der Waals surface area contributed by atoms with E-state index in [0.717, 1.165) is 17.0 Å². The number of para-hydroxylation sites is 2. The first-order valence-corrected chi connectivity index (χ1v) is 11.8. The van der Waals surface area contributed by atoms with Gasteiger partial charge in [0.1, 0.15) is 18.1 Å². The van der Waals surface area contributed by atoms with E-state index in [1.165, 1.54) is 11.8 Å². The Labute approximate surface area is 207 Å². The van der Waals surface area contributed by atoms with Gasteiger partial charge in [-0.2, -0.15) is 0 Å². The molecule has 34 heavy (non-hydrogen) atoms. The summed E-state index contributed by atoms with van der Waals surface area (Å²) in [6.07, 6.45) is 0. The third kappa shape index (κ3) is 5.89. The van der Waals surface area contributed by atoms with Crippen molar-refractivity contribution in [3.63, 3.8) is 0 Å². The van der Waals surface area contributed by atoms with E-state index in [1.807, 2.05) is 60.0 Å². The maximum atomic E-state index is 12.6. The van der Waals surface area contributed by atoms with Crippen LogP contribution in [0.25, 0.3) is 5.69 Å². The molecule has 0 bridgehead atoms. The Morgan fingerprint density at radius 2 is 1.76 bits per heavy atom. The lowest BCUT2D eigenvalue weighted by molar-refractivity contribution is -0.113. The van der Waals surface area contributed by atoms with E-state index in [0.29, 0.717) is 27.4 Å². The lowest BCUT2D eigenvalue weighted by Gasteiger charge is -2.12. The number of ether oxygens (including phenoxy) is 2. The molecule has 4 rings (SSSR count). The van der Waals surface area contributed by atoms with Gasteiger partial charge in [-0.05, 0) is 55.5 Å². The standard InChI is InChI=1S/C25H23ClN4O3S/c1-17-7-13-20(14-8-17)33-15-23-28-29-25(30(23)19-11-9-18(26)10-12-19)34-16-24(31)27-21-5-3-4-6-22(21)32-2/h3-14H,15-16H2,1-2H3,(H,27,31). The van der Waals surface area contributed by atoms with Crippen LogP contribution in [0.5, 0.6) is 11.5 Å². The van der Waals surface area contributed by atoms with E-state index < -0.39 is 0 Å². The van der Waals surface area contributed by atoms with Crippen molar-refractivity contribution in [1.82, 2.24) is 14.8 Å². The zero-order valence-corrected chi connectivity index (χ0v) is 20.3. The number of methoxy groups -OCH3 is 1. The highest BCUT2D eigenvalue weighted by atomic mass is 35.5. The number of aromatic nitrogens is 3. The normalized spacial score (nSPS) is 10.7. The molecule has 0 atom stereocenters. The zero-order valence-electron chi connectivity index (χ0n) is 18.7. The molecule has 3 aromatic carbocycles. The summed E-state index contributed by atoms with van der Waals surface area (Å²) in [5.41, 5.74) is 2.59. The van der Waals surface area contributed by atoms with Gasteiger partial charge in [-0.15, -0.1) is 10.2 Å². The molecule has 0 fully saturated rings. The summed E-state index contributed by atoms with van der Waals surface area (Å²) in [4.78, 5) is 12.6. The fraction of sp³-hybridized carbons (Fsp3) is 0.160. The summed E-state index contributed by atoms with van der Waals surface area (Å²) in [5.74, 6) is 1.90. The van der Waals surface area contributed by atoms with Crippen LogP contribution in [0.1, 0.15) is 11.4 Å². The van der Waals surface area contributed by atoms with Gasteiger partial charge in [0, 0.05) is 10.7 Å². The minimum Gasteiger partial charge on any atom is -0.495 e. The molecule has 7 nitrogen and oxygen atoms in total. The summed E-state index contributed by atoms with van der Waals surface area (Å²) in [6.45, 7) is 2.24. The fourth-order valence-electron chi connectivity index (χ4n) is 3.18. The Kier molecular flexibility index (Phi) is 7.72. The van der Waals surface area contributed by atoms with E-state index in [2.05, 4.69) is 15.5 Å². The smallest absolute Gasteiger partial charge is 0.234 e. The highest BCUT2D eigenvalue weighted by Crippen LogP contribution is 2.26. The largest absolute Gasteiger partial charge is 0.495 e. The number of thioether (sulfide) groups is 1. The maximum Gasteiger partial charge on any atom is 0.234 e. The molecule has 0 aliphatic rings. The fourth-order valence-corrected chi connectivity index (χ4v) is 4.08. The van der Waals surface area contributed by atoms with E-state index in [1.54, 1.807) is 31.4 Å². The van der Waals surface area contributed by atoms with Gasteiger partial charge >= 0.3 is 0 Å². The summed E-state index contributed by atoms with van der Waals surface area (Å²) in [6, 6.07) is 22.4. The number of benzene rings is 3. The molecule has 1 amide bonds. The van der Waals surface area contributed by atoms with Crippen molar-refractivity contribution in [2.24, 2.45) is 0 Å². The molecule has 0 unspecified atom stereocenters. The molecule has 174 valence electrons. The molecule has 9 heteroatoms. The van der Waals surface area contributed by atoms with Gasteiger partial charge in [0.2, 0.25) is 5.91 Å². The van der Waals surface area contributed by atoms with E-state index in [-0.39, 0.29) is 18.3 Å². The Hall–Kier alpha value is -3.49. The van der Waals surface area contributed by atoms with Crippen LogP contribution in [-0.2, 0) is 11.4 Å². The van der Waals surface area contributed by atoms with Gasteiger partial charge in [-0.3, -0.25) is 9.36 Å². The van der Waals surface area contributed by atoms with Gasteiger partial charge in [0.25, 0.3) is 0 Å². The van der Waals surface area contributed by atoms with Crippen molar-refractivity contribution in [1.29, 1.82) is 0 Å². The Morgan fingerprint density at radius 3 is 2.50 bits per heavy atom. The molecule has 4 aromatic rings. The molecule has 0 saturated heterocycles. The number of nitrogens with zero attached hydrogens (tertiary/aromatic N) is 3. The van der Waals surface area contributed by atoms with Crippen molar-refractivity contribution in [3.05, 3.63) is 89.2 Å². The monoisotopic (exact) mass is 494 g/mol. The zero-order chi connectivity index (χ0) is 23.9.